The van der Waals surface area contributed by atoms with E-state index in [0.717, 1.165) is 17.9 Å². The van der Waals surface area contributed by atoms with Crippen molar-refractivity contribution in [3.63, 3.8) is 0 Å². The minimum atomic E-state index is 0.495. The van der Waals surface area contributed by atoms with Crippen LogP contribution in [0.4, 0.5) is 0 Å². The van der Waals surface area contributed by atoms with Gasteiger partial charge in [-0.05, 0) is 56.9 Å². The van der Waals surface area contributed by atoms with E-state index < -0.39 is 0 Å². The zero-order chi connectivity index (χ0) is 9.97. The lowest BCUT2D eigenvalue weighted by Gasteiger charge is -2.35. The highest BCUT2D eigenvalue weighted by molar-refractivity contribution is 4.84. The summed E-state index contributed by atoms with van der Waals surface area (Å²) in [5, 5.41) is 3.69. The molecule has 0 aromatic carbocycles. The molecule has 0 unspecified atom stereocenters. The molecule has 2 saturated carbocycles. The molecule has 2 rings (SSSR count). The summed E-state index contributed by atoms with van der Waals surface area (Å²) in [4.78, 5) is 0. The monoisotopic (exact) mass is 196 g/mol. The Hall–Kier alpha value is -0.0800. The average molecular weight is 196 g/mol. The number of nitrogens with one attached hydrogen (secondary N) is 1. The molecule has 0 aromatic heterocycles. The summed E-state index contributed by atoms with van der Waals surface area (Å²) in [7, 11) is 0. The quantitative estimate of drug-likeness (QED) is 0.723. The van der Waals surface area contributed by atoms with Gasteiger partial charge in [0.05, 0.1) is 0 Å². The Morgan fingerprint density at radius 3 is 2.36 bits per heavy atom. The predicted molar refractivity (Wildman–Crippen MR) is 60.1 cm³/mol. The summed E-state index contributed by atoms with van der Waals surface area (Å²) in [6, 6.07) is 1.33. The molecule has 0 heterocycles. The molecule has 0 atom stereocenters. The zero-order valence-corrected chi connectivity index (χ0v) is 9.34. The van der Waals surface area contributed by atoms with Crippen molar-refractivity contribution in [1.29, 1.82) is 0 Å². The van der Waals surface area contributed by atoms with Crippen molar-refractivity contribution in [1.82, 2.24) is 5.32 Å². The van der Waals surface area contributed by atoms with Gasteiger partial charge in [0.2, 0.25) is 0 Å². The van der Waals surface area contributed by atoms with E-state index in [1.807, 2.05) is 0 Å². The van der Waals surface area contributed by atoms with E-state index >= 15 is 0 Å². The molecule has 3 N–H and O–H groups in total. The van der Waals surface area contributed by atoms with Crippen molar-refractivity contribution in [2.45, 2.75) is 57.5 Å². The topological polar surface area (TPSA) is 38.0 Å². The molecule has 14 heavy (non-hydrogen) atoms. The van der Waals surface area contributed by atoms with Crippen LogP contribution < -0.4 is 11.1 Å². The lowest BCUT2D eigenvalue weighted by Crippen LogP contribution is -2.43. The van der Waals surface area contributed by atoms with Crippen molar-refractivity contribution >= 4 is 0 Å². The lowest BCUT2D eigenvalue weighted by atomic mass is 9.81. The normalized spacial score (nSPS) is 43.3. The first-order valence-corrected chi connectivity index (χ1v) is 6.23. The van der Waals surface area contributed by atoms with Crippen LogP contribution >= 0.6 is 0 Å². The number of nitrogens with two attached hydrogens (primary N) is 1. The van der Waals surface area contributed by atoms with Crippen molar-refractivity contribution in [2.24, 2.45) is 17.6 Å². The number of hydrogen-bond acceptors (Lipinski definition) is 2. The molecule has 2 aliphatic rings. The molecule has 0 radical (unpaired) electrons. The standard InChI is InChI=1S/C12H24N2/c1-9-6-12(7-9)14-8-10-2-4-11(13)5-3-10/h9-12,14H,2-8,13H2,1H3. The Morgan fingerprint density at radius 1 is 1.14 bits per heavy atom. The van der Waals surface area contributed by atoms with E-state index in [1.165, 1.54) is 45.1 Å². The molecule has 0 bridgehead atoms. The van der Waals surface area contributed by atoms with Crippen LogP contribution in [0.25, 0.3) is 0 Å². The molecule has 82 valence electrons. The third-order valence-electron chi connectivity index (χ3n) is 3.96. The zero-order valence-electron chi connectivity index (χ0n) is 9.34. The van der Waals surface area contributed by atoms with Gasteiger partial charge in [0.25, 0.3) is 0 Å². The summed E-state index contributed by atoms with van der Waals surface area (Å²) in [5.41, 5.74) is 5.89. The second-order valence-corrected chi connectivity index (χ2v) is 5.46. The summed E-state index contributed by atoms with van der Waals surface area (Å²) in [6.45, 7) is 3.59. The van der Waals surface area contributed by atoms with Crippen molar-refractivity contribution in [2.75, 3.05) is 6.54 Å². The van der Waals surface area contributed by atoms with E-state index in [-0.39, 0.29) is 0 Å². The van der Waals surface area contributed by atoms with Crippen molar-refractivity contribution in [3.05, 3.63) is 0 Å². The van der Waals surface area contributed by atoms with E-state index in [0.29, 0.717) is 6.04 Å². The van der Waals surface area contributed by atoms with Crippen LogP contribution in [-0.4, -0.2) is 18.6 Å². The SMILES string of the molecule is CC1CC(NCC2CCC(N)CC2)C1. The highest BCUT2D eigenvalue weighted by Gasteiger charge is 2.26. The fourth-order valence-corrected chi connectivity index (χ4v) is 2.79. The Labute approximate surface area is 87.6 Å². The lowest BCUT2D eigenvalue weighted by molar-refractivity contribution is 0.217. The molecule has 0 saturated heterocycles. The number of rotatable bonds is 3. The maximum atomic E-state index is 5.89. The van der Waals surface area contributed by atoms with Crippen molar-refractivity contribution in [3.8, 4) is 0 Å². The van der Waals surface area contributed by atoms with Crippen LogP contribution in [0.15, 0.2) is 0 Å². The van der Waals surface area contributed by atoms with Crippen LogP contribution in [-0.2, 0) is 0 Å². The van der Waals surface area contributed by atoms with Gasteiger partial charge in [-0.15, -0.1) is 0 Å². The average Bonchev–Trinajstić information content (AvgIpc) is 2.13. The van der Waals surface area contributed by atoms with Gasteiger partial charge in [-0.25, -0.2) is 0 Å². The molecular weight excluding hydrogens is 172 g/mol. The van der Waals surface area contributed by atoms with Crippen LogP contribution in [0.1, 0.15) is 45.4 Å². The second-order valence-electron chi connectivity index (χ2n) is 5.46. The van der Waals surface area contributed by atoms with Gasteiger partial charge in [-0.1, -0.05) is 6.92 Å². The molecular formula is C12H24N2. The van der Waals surface area contributed by atoms with E-state index in [2.05, 4.69) is 12.2 Å². The van der Waals surface area contributed by atoms with Gasteiger partial charge in [-0.3, -0.25) is 0 Å². The van der Waals surface area contributed by atoms with E-state index in [9.17, 15) is 0 Å². The summed E-state index contributed by atoms with van der Waals surface area (Å²) in [6.07, 6.45) is 7.96. The first-order valence-electron chi connectivity index (χ1n) is 6.23. The Morgan fingerprint density at radius 2 is 1.79 bits per heavy atom. The molecule has 2 aliphatic carbocycles. The minimum Gasteiger partial charge on any atom is -0.328 e. The number of hydrogen-bond donors (Lipinski definition) is 2. The van der Waals surface area contributed by atoms with E-state index in [1.54, 1.807) is 0 Å². The van der Waals surface area contributed by atoms with Crippen LogP contribution in [0.2, 0.25) is 0 Å². The third-order valence-corrected chi connectivity index (χ3v) is 3.96. The van der Waals surface area contributed by atoms with Gasteiger partial charge in [0.15, 0.2) is 0 Å². The maximum absolute atomic E-state index is 5.89. The fraction of sp³-hybridized carbons (Fsp3) is 1.00. The third kappa shape index (κ3) is 2.71. The molecule has 2 nitrogen and oxygen atoms in total. The second kappa shape index (κ2) is 4.63. The largest absolute Gasteiger partial charge is 0.328 e. The molecule has 2 heteroatoms. The maximum Gasteiger partial charge on any atom is 0.00722 e. The summed E-state index contributed by atoms with van der Waals surface area (Å²) >= 11 is 0. The molecule has 0 aromatic rings. The van der Waals surface area contributed by atoms with Crippen molar-refractivity contribution < 1.29 is 0 Å². The highest BCUT2D eigenvalue weighted by Crippen LogP contribution is 2.28. The molecule has 0 spiro atoms. The smallest absolute Gasteiger partial charge is 0.00722 e. The molecule has 2 fully saturated rings. The first-order chi connectivity index (χ1) is 6.74. The Kier molecular flexibility index (Phi) is 3.45. The van der Waals surface area contributed by atoms with Gasteiger partial charge in [0, 0.05) is 12.1 Å². The Bertz CT molecular complexity index is 167. The predicted octanol–water partition coefficient (Wildman–Crippen LogP) is 1.89. The molecule has 0 aliphatic heterocycles. The van der Waals surface area contributed by atoms with Gasteiger partial charge in [-0.2, -0.15) is 0 Å². The van der Waals surface area contributed by atoms with Gasteiger partial charge < -0.3 is 11.1 Å². The van der Waals surface area contributed by atoms with Gasteiger partial charge >= 0.3 is 0 Å². The van der Waals surface area contributed by atoms with Crippen LogP contribution in [0.5, 0.6) is 0 Å². The fourth-order valence-electron chi connectivity index (χ4n) is 2.79. The first kappa shape index (κ1) is 10.4. The minimum absolute atomic E-state index is 0.495. The Balaban J connectivity index is 1.57. The van der Waals surface area contributed by atoms with Gasteiger partial charge in [0.1, 0.15) is 0 Å². The van der Waals surface area contributed by atoms with Crippen LogP contribution in [0.3, 0.4) is 0 Å². The summed E-state index contributed by atoms with van der Waals surface area (Å²) in [5.74, 6) is 1.87. The van der Waals surface area contributed by atoms with Crippen LogP contribution in [0, 0.1) is 11.8 Å². The van der Waals surface area contributed by atoms with E-state index in [4.69, 9.17) is 5.73 Å². The highest BCUT2D eigenvalue weighted by atomic mass is 14.9. The molecule has 0 amide bonds. The summed E-state index contributed by atoms with van der Waals surface area (Å²) < 4.78 is 0.